The molecule has 2 aromatic carbocycles. The minimum Gasteiger partial charge on any atom is -0.494 e. The Bertz CT molecular complexity index is 968. The van der Waals surface area contributed by atoms with Gasteiger partial charge in [0.25, 0.3) is 0 Å². The van der Waals surface area contributed by atoms with Crippen molar-refractivity contribution in [2.45, 2.75) is 38.9 Å². The van der Waals surface area contributed by atoms with Crippen LogP contribution in [-0.4, -0.2) is 43.7 Å². The standard InChI is InChI=1S/C23H27F2N3O4/c1-15-10-17(24)11-19(27-12-16-6-4-8-21(32-3)22(16)25)18(15)13-28(14-30)20(7-5-9-29)23(31)26-2/h4,6,8-11,14,20,27H,5,7,12-13H2,1-3H3,(H,26,31). The largest absolute Gasteiger partial charge is 0.494 e. The molecule has 0 aliphatic heterocycles. The van der Waals surface area contributed by atoms with Crippen molar-refractivity contribution < 1.29 is 27.9 Å². The van der Waals surface area contributed by atoms with Gasteiger partial charge in [0, 0.05) is 37.8 Å². The summed E-state index contributed by atoms with van der Waals surface area (Å²) in [6, 6.07) is 6.42. The number of carbonyl (C=O) groups is 3. The van der Waals surface area contributed by atoms with E-state index >= 15 is 0 Å². The highest BCUT2D eigenvalue weighted by Gasteiger charge is 2.25. The van der Waals surface area contributed by atoms with Crippen molar-refractivity contribution in [3.05, 3.63) is 58.7 Å². The summed E-state index contributed by atoms with van der Waals surface area (Å²) >= 11 is 0. The Kier molecular flexibility index (Phi) is 9.12. The molecule has 2 rings (SSSR count). The number of aryl methyl sites for hydroxylation is 1. The summed E-state index contributed by atoms with van der Waals surface area (Å²) in [5, 5.41) is 5.52. The number of rotatable bonds is 12. The van der Waals surface area contributed by atoms with Crippen LogP contribution in [0.3, 0.4) is 0 Å². The minimum absolute atomic E-state index is 0.00448. The summed E-state index contributed by atoms with van der Waals surface area (Å²) < 4.78 is 33.6. The van der Waals surface area contributed by atoms with Gasteiger partial charge in [0.2, 0.25) is 12.3 Å². The monoisotopic (exact) mass is 447 g/mol. The molecule has 1 unspecified atom stereocenters. The first-order chi connectivity index (χ1) is 15.4. The van der Waals surface area contributed by atoms with E-state index in [9.17, 15) is 23.2 Å². The Labute approximate surface area is 185 Å². The highest BCUT2D eigenvalue weighted by Crippen LogP contribution is 2.26. The number of halogens is 2. The first kappa shape index (κ1) is 24.8. The van der Waals surface area contributed by atoms with E-state index in [1.807, 2.05) is 0 Å². The molecule has 32 heavy (non-hydrogen) atoms. The zero-order chi connectivity index (χ0) is 23.7. The number of carbonyl (C=O) groups excluding carboxylic acids is 3. The number of amides is 2. The van der Waals surface area contributed by atoms with E-state index in [0.717, 1.165) is 0 Å². The van der Waals surface area contributed by atoms with Gasteiger partial charge in [0.1, 0.15) is 18.1 Å². The van der Waals surface area contributed by atoms with Gasteiger partial charge in [-0.15, -0.1) is 0 Å². The van der Waals surface area contributed by atoms with Gasteiger partial charge in [-0.2, -0.15) is 0 Å². The maximum absolute atomic E-state index is 14.5. The highest BCUT2D eigenvalue weighted by molar-refractivity contribution is 5.83. The minimum atomic E-state index is -0.865. The molecule has 0 heterocycles. The van der Waals surface area contributed by atoms with Gasteiger partial charge >= 0.3 is 0 Å². The lowest BCUT2D eigenvalue weighted by Crippen LogP contribution is -2.45. The van der Waals surface area contributed by atoms with Crippen LogP contribution in [0, 0.1) is 18.6 Å². The third-order valence-electron chi connectivity index (χ3n) is 5.15. The topological polar surface area (TPSA) is 87.7 Å². The van der Waals surface area contributed by atoms with Gasteiger partial charge in [-0.3, -0.25) is 9.59 Å². The first-order valence-electron chi connectivity index (χ1n) is 10.1. The molecular formula is C23H27F2N3O4. The number of nitrogens with zero attached hydrogens (tertiary/aromatic N) is 1. The number of aldehydes is 1. The Morgan fingerprint density at radius 1 is 1.25 bits per heavy atom. The number of anilines is 1. The molecule has 7 nitrogen and oxygen atoms in total. The van der Waals surface area contributed by atoms with Gasteiger partial charge in [-0.25, -0.2) is 8.78 Å². The van der Waals surface area contributed by atoms with Crippen molar-refractivity contribution in [1.82, 2.24) is 10.2 Å². The van der Waals surface area contributed by atoms with Crippen LogP contribution in [0.5, 0.6) is 5.75 Å². The van der Waals surface area contributed by atoms with Crippen molar-refractivity contribution in [2.75, 3.05) is 19.5 Å². The maximum atomic E-state index is 14.5. The number of methoxy groups -OCH3 is 1. The van der Waals surface area contributed by atoms with E-state index in [2.05, 4.69) is 10.6 Å². The lowest BCUT2D eigenvalue weighted by Gasteiger charge is -2.28. The van der Waals surface area contributed by atoms with E-state index in [0.29, 0.717) is 35.1 Å². The molecule has 0 saturated heterocycles. The van der Waals surface area contributed by atoms with Crippen LogP contribution in [0.1, 0.15) is 29.5 Å². The van der Waals surface area contributed by atoms with E-state index in [1.54, 1.807) is 19.1 Å². The zero-order valence-electron chi connectivity index (χ0n) is 18.3. The van der Waals surface area contributed by atoms with Gasteiger partial charge in [-0.1, -0.05) is 12.1 Å². The second kappa shape index (κ2) is 11.8. The van der Waals surface area contributed by atoms with Gasteiger partial charge < -0.3 is 25.1 Å². The van der Waals surface area contributed by atoms with Crippen LogP contribution < -0.4 is 15.4 Å². The van der Waals surface area contributed by atoms with Crippen molar-refractivity contribution >= 4 is 24.3 Å². The third kappa shape index (κ3) is 6.03. The lowest BCUT2D eigenvalue weighted by atomic mass is 10.0. The van der Waals surface area contributed by atoms with Gasteiger partial charge in [0.15, 0.2) is 11.6 Å². The molecule has 1 atom stereocenters. The van der Waals surface area contributed by atoms with E-state index in [4.69, 9.17) is 4.74 Å². The molecule has 0 aliphatic rings. The quantitative estimate of drug-likeness (QED) is 0.489. The molecule has 2 aromatic rings. The average molecular weight is 447 g/mol. The summed E-state index contributed by atoms with van der Waals surface area (Å²) in [6.45, 7) is 1.72. The summed E-state index contributed by atoms with van der Waals surface area (Å²) in [5.74, 6) is -1.34. The van der Waals surface area contributed by atoms with E-state index in [1.165, 1.54) is 37.3 Å². The van der Waals surface area contributed by atoms with Crippen molar-refractivity contribution in [1.29, 1.82) is 0 Å². The fourth-order valence-electron chi connectivity index (χ4n) is 3.43. The predicted molar refractivity (Wildman–Crippen MR) is 116 cm³/mol. The number of nitrogens with one attached hydrogen (secondary N) is 2. The number of benzene rings is 2. The van der Waals surface area contributed by atoms with Crippen LogP contribution in [-0.2, 0) is 27.5 Å². The molecule has 0 bridgehead atoms. The number of likely N-dealkylation sites (N-methyl/N-ethyl adjacent to an activating group) is 1. The molecule has 0 aliphatic carbocycles. The molecule has 0 spiro atoms. The second-order valence-electron chi connectivity index (χ2n) is 7.19. The molecule has 0 fully saturated rings. The SMILES string of the molecule is CNC(=O)C(CCC=O)N(C=O)Cc1c(C)cc(F)cc1NCc1cccc(OC)c1F. The molecule has 172 valence electrons. The van der Waals surface area contributed by atoms with Crippen LogP contribution >= 0.6 is 0 Å². The fraction of sp³-hybridized carbons (Fsp3) is 0.348. The molecular weight excluding hydrogens is 420 g/mol. The fourth-order valence-corrected chi connectivity index (χ4v) is 3.43. The summed E-state index contributed by atoms with van der Waals surface area (Å²) in [6.07, 6.45) is 1.46. The molecule has 2 N–H and O–H groups in total. The Balaban J connectivity index is 2.34. The van der Waals surface area contributed by atoms with E-state index < -0.39 is 23.6 Å². The van der Waals surface area contributed by atoms with Crippen LogP contribution in [0.2, 0.25) is 0 Å². The van der Waals surface area contributed by atoms with Crippen molar-refractivity contribution in [3.8, 4) is 5.75 Å². The Morgan fingerprint density at radius 3 is 2.62 bits per heavy atom. The molecule has 0 radical (unpaired) electrons. The number of ether oxygens (including phenoxy) is 1. The normalized spacial score (nSPS) is 11.4. The number of hydrogen-bond acceptors (Lipinski definition) is 5. The number of hydrogen-bond donors (Lipinski definition) is 2. The highest BCUT2D eigenvalue weighted by atomic mass is 19.1. The van der Waals surface area contributed by atoms with Crippen LogP contribution in [0.15, 0.2) is 30.3 Å². The first-order valence-corrected chi connectivity index (χ1v) is 10.1. The Hall–Kier alpha value is -3.49. The van der Waals surface area contributed by atoms with Crippen LogP contribution in [0.25, 0.3) is 0 Å². The van der Waals surface area contributed by atoms with Gasteiger partial charge in [-0.05, 0) is 42.7 Å². The van der Waals surface area contributed by atoms with Crippen molar-refractivity contribution in [2.24, 2.45) is 0 Å². The van der Waals surface area contributed by atoms with E-state index in [-0.39, 0.29) is 31.7 Å². The molecule has 0 aromatic heterocycles. The van der Waals surface area contributed by atoms with Crippen molar-refractivity contribution in [3.63, 3.8) is 0 Å². The lowest BCUT2D eigenvalue weighted by molar-refractivity contribution is -0.133. The summed E-state index contributed by atoms with van der Waals surface area (Å²) in [4.78, 5) is 36.2. The van der Waals surface area contributed by atoms with Gasteiger partial charge in [0.05, 0.1) is 7.11 Å². The summed E-state index contributed by atoms with van der Waals surface area (Å²) in [5.41, 5.74) is 1.81. The Morgan fingerprint density at radius 2 is 2.00 bits per heavy atom. The second-order valence-corrected chi connectivity index (χ2v) is 7.19. The zero-order valence-corrected chi connectivity index (χ0v) is 18.3. The summed E-state index contributed by atoms with van der Waals surface area (Å²) in [7, 11) is 2.81. The maximum Gasteiger partial charge on any atom is 0.242 e. The van der Waals surface area contributed by atoms with Crippen LogP contribution in [0.4, 0.5) is 14.5 Å². The smallest absolute Gasteiger partial charge is 0.242 e. The molecule has 9 heteroatoms. The molecule has 2 amide bonds. The predicted octanol–water partition coefficient (Wildman–Crippen LogP) is 2.95. The third-order valence-corrected chi connectivity index (χ3v) is 5.15. The molecule has 0 saturated carbocycles. The average Bonchev–Trinajstić information content (AvgIpc) is 2.78.